The monoisotopic (exact) mass is 479 g/mol. The average Bonchev–Trinajstić information content (AvgIpc) is 2.84. The van der Waals surface area contributed by atoms with Gasteiger partial charge in [0, 0.05) is 50.0 Å². The molecule has 4 rings (SSSR count). The molecule has 0 aromatic heterocycles. The molecule has 32 heavy (non-hydrogen) atoms. The van der Waals surface area contributed by atoms with Crippen molar-refractivity contribution in [1.29, 1.82) is 0 Å². The summed E-state index contributed by atoms with van der Waals surface area (Å²) in [4.78, 5) is 17.3. The van der Waals surface area contributed by atoms with Gasteiger partial charge in [-0.15, -0.1) is 0 Å². The Balaban J connectivity index is 1.52. The number of sulfonamides is 1. The van der Waals surface area contributed by atoms with E-state index in [2.05, 4.69) is 4.90 Å². The van der Waals surface area contributed by atoms with Crippen molar-refractivity contribution >= 4 is 33.2 Å². The number of rotatable bonds is 5. The Labute approximate surface area is 193 Å². The highest BCUT2D eigenvalue weighted by molar-refractivity contribution is 7.89. The minimum Gasteiger partial charge on any atom is -0.496 e. The molecule has 0 unspecified atom stereocenters. The van der Waals surface area contributed by atoms with Gasteiger partial charge in [-0.05, 0) is 36.4 Å². The van der Waals surface area contributed by atoms with Crippen LogP contribution in [0.5, 0.6) is 5.75 Å². The lowest BCUT2D eigenvalue weighted by molar-refractivity contribution is 0.0728. The maximum atomic E-state index is 13.3. The summed E-state index contributed by atoms with van der Waals surface area (Å²) in [5.41, 5.74) is 1.26. The first-order valence-corrected chi connectivity index (χ1v) is 12.3. The highest BCUT2D eigenvalue weighted by atomic mass is 35.5. The second-order valence-electron chi connectivity index (χ2n) is 7.64. The summed E-state index contributed by atoms with van der Waals surface area (Å²) in [6.07, 6.45) is 0. The summed E-state index contributed by atoms with van der Waals surface area (Å²) >= 11 is 6.10. The minimum atomic E-state index is -3.72. The van der Waals surface area contributed by atoms with Crippen molar-refractivity contribution in [1.82, 2.24) is 9.21 Å². The Morgan fingerprint density at radius 3 is 2.38 bits per heavy atom. The van der Waals surface area contributed by atoms with E-state index in [9.17, 15) is 13.2 Å². The summed E-state index contributed by atoms with van der Waals surface area (Å²) in [6.45, 7) is 3.63. The molecule has 2 aromatic carbocycles. The van der Waals surface area contributed by atoms with E-state index >= 15 is 0 Å². The number of hydrogen-bond donors (Lipinski definition) is 0. The van der Waals surface area contributed by atoms with Crippen LogP contribution in [-0.2, 0) is 14.8 Å². The zero-order valence-corrected chi connectivity index (χ0v) is 19.4. The number of methoxy groups -OCH3 is 1. The second kappa shape index (κ2) is 9.66. The van der Waals surface area contributed by atoms with E-state index in [1.54, 1.807) is 11.0 Å². The van der Waals surface area contributed by atoms with Crippen molar-refractivity contribution in [3.63, 3.8) is 0 Å². The second-order valence-corrected chi connectivity index (χ2v) is 10.0. The maximum absolute atomic E-state index is 13.3. The standard InChI is InChI=1S/C22H26ClN3O5S/c1-30-21-6-5-19(32(28,29)26-11-13-31-14-12-26)16-20(21)22(27)25-9-7-24(8-10-25)18-4-2-3-17(23)15-18/h2-6,15-16H,7-14H2,1H3. The molecule has 2 saturated heterocycles. The van der Waals surface area contributed by atoms with E-state index in [-0.39, 0.29) is 16.4 Å². The van der Waals surface area contributed by atoms with Gasteiger partial charge in [-0.3, -0.25) is 4.79 Å². The van der Waals surface area contributed by atoms with E-state index in [4.69, 9.17) is 21.1 Å². The Bertz CT molecular complexity index is 1080. The number of carbonyl (C=O) groups is 1. The third-order valence-corrected chi connectivity index (χ3v) is 7.88. The van der Waals surface area contributed by atoms with Crippen LogP contribution in [0.25, 0.3) is 0 Å². The Morgan fingerprint density at radius 2 is 1.72 bits per heavy atom. The van der Waals surface area contributed by atoms with Crippen LogP contribution in [0.1, 0.15) is 10.4 Å². The van der Waals surface area contributed by atoms with Crippen molar-refractivity contribution in [3.05, 3.63) is 53.1 Å². The highest BCUT2D eigenvalue weighted by Crippen LogP contribution is 2.27. The third kappa shape index (κ3) is 4.71. The van der Waals surface area contributed by atoms with Crippen LogP contribution in [0.2, 0.25) is 5.02 Å². The van der Waals surface area contributed by atoms with E-state index in [1.807, 2.05) is 24.3 Å². The van der Waals surface area contributed by atoms with Crippen molar-refractivity contribution < 1.29 is 22.7 Å². The first-order valence-electron chi connectivity index (χ1n) is 10.5. The van der Waals surface area contributed by atoms with Crippen LogP contribution >= 0.6 is 11.6 Å². The number of ether oxygens (including phenoxy) is 2. The molecule has 2 aliphatic rings. The smallest absolute Gasteiger partial charge is 0.257 e. The molecule has 1 amide bonds. The van der Waals surface area contributed by atoms with Gasteiger partial charge in [-0.25, -0.2) is 8.42 Å². The summed E-state index contributed by atoms with van der Waals surface area (Å²) in [7, 11) is -2.24. The van der Waals surface area contributed by atoms with Crippen LogP contribution in [0.15, 0.2) is 47.4 Å². The molecule has 0 saturated carbocycles. The number of nitrogens with zero attached hydrogens (tertiary/aromatic N) is 3. The quantitative estimate of drug-likeness (QED) is 0.655. The van der Waals surface area contributed by atoms with E-state index in [0.29, 0.717) is 63.3 Å². The number of halogens is 1. The van der Waals surface area contributed by atoms with Gasteiger partial charge >= 0.3 is 0 Å². The molecular formula is C22H26ClN3O5S. The zero-order valence-electron chi connectivity index (χ0n) is 17.9. The minimum absolute atomic E-state index is 0.0844. The number of benzene rings is 2. The SMILES string of the molecule is COc1ccc(S(=O)(=O)N2CCOCC2)cc1C(=O)N1CCN(c2cccc(Cl)c2)CC1. The zero-order chi connectivity index (χ0) is 22.7. The van der Waals surface area contributed by atoms with Crippen molar-refractivity contribution in [2.24, 2.45) is 0 Å². The van der Waals surface area contributed by atoms with Crippen molar-refractivity contribution in [3.8, 4) is 5.75 Å². The molecule has 0 bridgehead atoms. The van der Waals surface area contributed by atoms with Gasteiger partial charge in [0.25, 0.3) is 5.91 Å². The molecule has 0 aliphatic carbocycles. The van der Waals surface area contributed by atoms with E-state index in [0.717, 1.165) is 5.69 Å². The van der Waals surface area contributed by atoms with Crippen LogP contribution in [0.3, 0.4) is 0 Å². The van der Waals surface area contributed by atoms with E-state index in [1.165, 1.54) is 23.5 Å². The molecule has 0 radical (unpaired) electrons. The predicted molar refractivity (Wildman–Crippen MR) is 122 cm³/mol. The number of anilines is 1. The summed E-state index contributed by atoms with van der Waals surface area (Å²) in [6, 6.07) is 12.1. The molecular weight excluding hydrogens is 454 g/mol. The molecule has 10 heteroatoms. The molecule has 2 fully saturated rings. The fourth-order valence-corrected chi connectivity index (χ4v) is 5.58. The Kier molecular flexibility index (Phi) is 6.90. The van der Waals surface area contributed by atoms with Gasteiger partial charge in [-0.1, -0.05) is 17.7 Å². The lowest BCUT2D eigenvalue weighted by atomic mass is 10.1. The first kappa shape index (κ1) is 22.8. The molecule has 2 aliphatic heterocycles. The van der Waals surface area contributed by atoms with Gasteiger partial charge in [0.05, 0.1) is 30.8 Å². The van der Waals surface area contributed by atoms with Crippen molar-refractivity contribution in [2.75, 3.05) is 64.5 Å². The van der Waals surface area contributed by atoms with Crippen molar-refractivity contribution in [2.45, 2.75) is 4.90 Å². The summed E-state index contributed by atoms with van der Waals surface area (Å²) < 4.78 is 38.1. The van der Waals surface area contributed by atoms with Crippen LogP contribution < -0.4 is 9.64 Å². The number of piperazine rings is 1. The Morgan fingerprint density at radius 1 is 1.00 bits per heavy atom. The average molecular weight is 480 g/mol. The van der Waals surface area contributed by atoms with Gasteiger partial charge in [0.1, 0.15) is 5.75 Å². The fourth-order valence-electron chi connectivity index (χ4n) is 3.96. The molecule has 0 N–H and O–H groups in total. The molecule has 2 aromatic rings. The highest BCUT2D eigenvalue weighted by Gasteiger charge is 2.30. The molecule has 0 spiro atoms. The maximum Gasteiger partial charge on any atom is 0.257 e. The fraction of sp³-hybridized carbons (Fsp3) is 0.409. The van der Waals surface area contributed by atoms with Gasteiger partial charge in [0.15, 0.2) is 0 Å². The normalized spacial score (nSPS) is 17.9. The molecule has 2 heterocycles. The molecule has 172 valence electrons. The van der Waals surface area contributed by atoms with Crippen LogP contribution in [0, 0.1) is 0 Å². The van der Waals surface area contributed by atoms with Gasteiger partial charge in [0.2, 0.25) is 10.0 Å². The summed E-state index contributed by atoms with van der Waals surface area (Å²) in [5.74, 6) is 0.111. The largest absolute Gasteiger partial charge is 0.496 e. The number of morpholine rings is 1. The third-order valence-electron chi connectivity index (χ3n) is 5.75. The topological polar surface area (TPSA) is 79.4 Å². The van der Waals surface area contributed by atoms with Crippen LogP contribution in [0.4, 0.5) is 5.69 Å². The molecule has 8 nitrogen and oxygen atoms in total. The number of amides is 1. The lowest BCUT2D eigenvalue weighted by Gasteiger charge is -2.36. The molecule has 0 atom stereocenters. The predicted octanol–water partition coefficient (Wildman–Crippen LogP) is 2.33. The van der Waals surface area contributed by atoms with E-state index < -0.39 is 10.0 Å². The Hall–Kier alpha value is -2.33. The summed E-state index contributed by atoms with van der Waals surface area (Å²) in [5, 5.41) is 0.670. The number of hydrogen-bond acceptors (Lipinski definition) is 6. The van der Waals surface area contributed by atoms with Crippen LogP contribution in [-0.4, -0.2) is 83.1 Å². The first-order chi connectivity index (χ1) is 15.4. The number of carbonyl (C=O) groups excluding carboxylic acids is 1. The van der Waals surface area contributed by atoms with Gasteiger partial charge in [-0.2, -0.15) is 4.31 Å². The lowest BCUT2D eigenvalue weighted by Crippen LogP contribution is -2.49. The van der Waals surface area contributed by atoms with Gasteiger partial charge < -0.3 is 19.3 Å².